The van der Waals surface area contributed by atoms with Gasteiger partial charge in [-0.2, -0.15) is 0 Å². The molecule has 0 saturated carbocycles. The zero-order valence-electron chi connectivity index (χ0n) is 2.27. The van der Waals surface area contributed by atoms with Crippen LogP contribution in [0.25, 0.3) is 0 Å². The molecule has 0 bridgehead atoms. The molecule has 0 heterocycles. The van der Waals surface area contributed by atoms with Crippen LogP contribution in [-0.4, -0.2) is 7.05 Å². The van der Waals surface area contributed by atoms with Gasteiger partial charge in [0.2, 0.25) is 0 Å². The molecule has 2 N–H and O–H groups in total. The Morgan fingerprint density at radius 3 is 1.25 bits per heavy atom. The second kappa shape index (κ2) is 39.9. The fourth-order valence-corrected chi connectivity index (χ4v) is 0. The normalized spacial score (nSPS) is 1.50. The van der Waals surface area contributed by atoms with Gasteiger partial charge in [-0.25, -0.2) is 0 Å². The van der Waals surface area contributed by atoms with E-state index in [0.717, 1.165) is 0 Å². The summed E-state index contributed by atoms with van der Waals surface area (Å²) < 4.78 is 0. The molecular weight excluding hydrogens is 168 g/mol. The maximum absolute atomic E-state index is 4.50. The number of nitrogens with two attached hydrogens (primary N) is 1. The van der Waals surface area contributed by atoms with Gasteiger partial charge in [0.25, 0.3) is 0 Å². The van der Waals surface area contributed by atoms with Crippen LogP contribution in [0.4, 0.5) is 0 Å². The summed E-state index contributed by atoms with van der Waals surface area (Å²) in [7, 11) is 1.50. The minimum Gasteiger partial charge on any atom is -1.00 e. The SMILES string of the molecule is CN.[Cl-].[Pd+2]. The van der Waals surface area contributed by atoms with Crippen molar-refractivity contribution >= 4 is 0 Å². The molecule has 0 rings (SSSR count). The van der Waals surface area contributed by atoms with Crippen LogP contribution >= 0.6 is 0 Å². The summed E-state index contributed by atoms with van der Waals surface area (Å²) in [5, 5.41) is 0. The third-order valence-electron chi connectivity index (χ3n) is 0. The quantitative estimate of drug-likeness (QED) is 0.379. The standard InChI is InChI=1S/CH5N.ClH.Pd/c1-2;;/h2H2,1H3;1H;/q;;+2/p-1. The molecule has 0 radical (unpaired) electrons. The summed E-state index contributed by atoms with van der Waals surface area (Å²) in [4.78, 5) is 0. The van der Waals surface area contributed by atoms with E-state index in [-0.39, 0.29) is 32.8 Å². The molecule has 0 fully saturated rings. The van der Waals surface area contributed by atoms with Gasteiger partial charge in [-0.1, -0.05) is 0 Å². The van der Waals surface area contributed by atoms with E-state index in [9.17, 15) is 0 Å². The van der Waals surface area contributed by atoms with Crippen LogP contribution in [0.1, 0.15) is 0 Å². The summed E-state index contributed by atoms with van der Waals surface area (Å²) in [5.74, 6) is 0. The Kier molecular flexibility index (Phi) is 205. The van der Waals surface area contributed by atoms with Gasteiger partial charge in [-0.15, -0.1) is 0 Å². The summed E-state index contributed by atoms with van der Waals surface area (Å²) in [6.45, 7) is 0. The van der Waals surface area contributed by atoms with Gasteiger partial charge in [0.05, 0.1) is 0 Å². The molecule has 0 aliphatic heterocycles. The summed E-state index contributed by atoms with van der Waals surface area (Å²) in [5.41, 5.74) is 4.50. The van der Waals surface area contributed by atoms with Crippen molar-refractivity contribution in [2.24, 2.45) is 5.73 Å². The Bertz CT molecular complexity index is 8.00. The zero-order valence-corrected chi connectivity index (χ0v) is 4.58. The van der Waals surface area contributed by atoms with E-state index in [0.29, 0.717) is 0 Å². The van der Waals surface area contributed by atoms with E-state index < -0.39 is 0 Å². The Hall–Kier alpha value is 0.912. The molecule has 0 saturated heterocycles. The van der Waals surface area contributed by atoms with E-state index in [1.165, 1.54) is 7.05 Å². The largest absolute Gasteiger partial charge is 2.00 e. The first-order valence-corrected chi connectivity index (χ1v) is 0.577. The summed E-state index contributed by atoms with van der Waals surface area (Å²) >= 11 is 0. The van der Waals surface area contributed by atoms with Crippen molar-refractivity contribution < 1.29 is 32.8 Å². The van der Waals surface area contributed by atoms with Crippen LogP contribution in [0.2, 0.25) is 0 Å². The molecule has 30 valence electrons. The van der Waals surface area contributed by atoms with Gasteiger partial charge < -0.3 is 18.1 Å². The maximum Gasteiger partial charge on any atom is 2.00 e. The Morgan fingerprint density at radius 1 is 1.25 bits per heavy atom. The van der Waals surface area contributed by atoms with E-state index in [1.807, 2.05) is 0 Å². The van der Waals surface area contributed by atoms with Crippen molar-refractivity contribution in [2.45, 2.75) is 0 Å². The molecule has 1 nitrogen and oxygen atoms in total. The Labute approximate surface area is 46.0 Å². The minimum absolute atomic E-state index is 0. The minimum atomic E-state index is 0. The molecule has 0 aromatic carbocycles. The molecule has 0 aliphatic rings. The molecule has 4 heavy (non-hydrogen) atoms. The molecular formula is CH5ClNPd+. The topological polar surface area (TPSA) is 26.0 Å². The van der Waals surface area contributed by atoms with E-state index >= 15 is 0 Å². The van der Waals surface area contributed by atoms with Gasteiger partial charge in [-0.05, 0) is 7.05 Å². The molecule has 0 atom stereocenters. The number of rotatable bonds is 0. The van der Waals surface area contributed by atoms with Gasteiger partial charge in [0, 0.05) is 0 Å². The predicted octanol–water partition coefficient (Wildman–Crippen LogP) is -3.42. The fraction of sp³-hybridized carbons (Fsp3) is 1.00. The van der Waals surface area contributed by atoms with E-state index in [1.54, 1.807) is 0 Å². The molecule has 0 amide bonds. The second-order valence-electron chi connectivity index (χ2n) is 0. The maximum atomic E-state index is 4.50. The first kappa shape index (κ1) is 20.6. The summed E-state index contributed by atoms with van der Waals surface area (Å²) in [6, 6.07) is 0. The van der Waals surface area contributed by atoms with Crippen molar-refractivity contribution in [1.29, 1.82) is 0 Å². The average Bonchev–Trinajstić information content (AvgIpc) is 1.00. The van der Waals surface area contributed by atoms with Crippen LogP contribution in [0.3, 0.4) is 0 Å². The second-order valence-corrected chi connectivity index (χ2v) is 0. The van der Waals surface area contributed by atoms with Crippen LogP contribution in [0.15, 0.2) is 0 Å². The monoisotopic (exact) mass is 172 g/mol. The Balaban J connectivity index is -0.00000000500. The van der Waals surface area contributed by atoms with Crippen LogP contribution in [0.5, 0.6) is 0 Å². The van der Waals surface area contributed by atoms with Crippen molar-refractivity contribution in [1.82, 2.24) is 0 Å². The summed E-state index contributed by atoms with van der Waals surface area (Å²) in [6.07, 6.45) is 0. The number of hydrogen-bond acceptors (Lipinski definition) is 1. The van der Waals surface area contributed by atoms with E-state index in [4.69, 9.17) is 0 Å². The van der Waals surface area contributed by atoms with Crippen molar-refractivity contribution in [3.05, 3.63) is 0 Å². The molecule has 0 aliphatic carbocycles. The van der Waals surface area contributed by atoms with Crippen molar-refractivity contribution in [3.8, 4) is 0 Å². The van der Waals surface area contributed by atoms with Crippen LogP contribution < -0.4 is 18.1 Å². The van der Waals surface area contributed by atoms with Crippen molar-refractivity contribution in [2.75, 3.05) is 7.05 Å². The van der Waals surface area contributed by atoms with Crippen molar-refractivity contribution in [3.63, 3.8) is 0 Å². The van der Waals surface area contributed by atoms with Gasteiger partial charge in [0.15, 0.2) is 0 Å². The molecule has 0 unspecified atom stereocenters. The average molecular weight is 173 g/mol. The molecule has 0 spiro atoms. The first-order valence-electron chi connectivity index (χ1n) is 0.577. The predicted molar refractivity (Wildman–Crippen MR) is 10.1 cm³/mol. The van der Waals surface area contributed by atoms with E-state index in [2.05, 4.69) is 5.73 Å². The molecule has 3 heteroatoms. The first-order chi connectivity index (χ1) is 1.00. The Morgan fingerprint density at radius 2 is 1.25 bits per heavy atom. The molecule has 0 aromatic heterocycles. The zero-order chi connectivity index (χ0) is 2.00. The third kappa shape index (κ3) is 12.8. The van der Waals surface area contributed by atoms with Gasteiger partial charge in [0.1, 0.15) is 0 Å². The van der Waals surface area contributed by atoms with Crippen LogP contribution in [-0.2, 0) is 20.4 Å². The smallest absolute Gasteiger partial charge is 1.00 e. The fourth-order valence-electron chi connectivity index (χ4n) is 0. The van der Waals surface area contributed by atoms with Crippen LogP contribution in [0, 0.1) is 0 Å². The third-order valence-corrected chi connectivity index (χ3v) is 0. The van der Waals surface area contributed by atoms with Gasteiger partial charge >= 0.3 is 20.4 Å². The number of hydrogen-bond donors (Lipinski definition) is 1. The van der Waals surface area contributed by atoms with Gasteiger partial charge in [-0.3, -0.25) is 0 Å². The number of halogens is 1. The molecule has 0 aromatic rings.